The summed E-state index contributed by atoms with van der Waals surface area (Å²) in [6, 6.07) is 0.814. The molecule has 226 valence electrons. The molecular formula is C27H30F6N8O. The quantitative estimate of drug-likeness (QED) is 0.403. The summed E-state index contributed by atoms with van der Waals surface area (Å²) in [6.07, 6.45) is -6.13. The van der Waals surface area contributed by atoms with Crippen LogP contribution in [0.15, 0.2) is 12.3 Å². The highest BCUT2D eigenvalue weighted by Gasteiger charge is 2.49. The van der Waals surface area contributed by atoms with E-state index in [0.29, 0.717) is 39.1 Å². The summed E-state index contributed by atoms with van der Waals surface area (Å²) in [5.74, 6) is 0.00899. The Morgan fingerprint density at radius 2 is 1.90 bits per heavy atom. The molecule has 0 radical (unpaired) electrons. The fourth-order valence-electron chi connectivity index (χ4n) is 6.53. The molecule has 2 atom stereocenters. The van der Waals surface area contributed by atoms with E-state index in [1.54, 1.807) is 0 Å². The van der Waals surface area contributed by atoms with Crippen LogP contribution < -0.4 is 20.7 Å². The molecule has 0 amide bonds. The van der Waals surface area contributed by atoms with Gasteiger partial charge in [-0.25, -0.2) is 18.2 Å². The van der Waals surface area contributed by atoms with Gasteiger partial charge in [-0.1, -0.05) is 0 Å². The number of piperazine rings is 1. The largest absolute Gasteiger partial charge is 0.461 e. The van der Waals surface area contributed by atoms with E-state index in [9.17, 15) is 26.3 Å². The van der Waals surface area contributed by atoms with Crippen LogP contribution in [0.2, 0.25) is 0 Å². The van der Waals surface area contributed by atoms with Crippen molar-refractivity contribution in [2.75, 3.05) is 56.5 Å². The van der Waals surface area contributed by atoms with Crippen molar-refractivity contribution in [3.05, 3.63) is 29.0 Å². The second-order valence-corrected chi connectivity index (χ2v) is 11.1. The topological polar surface area (TPSA) is 105 Å². The van der Waals surface area contributed by atoms with Crippen LogP contribution in [0, 0.1) is 6.92 Å². The number of hydrogen-bond acceptors (Lipinski definition) is 9. The third-order valence-electron chi connectivity index (χ3n) is 8.35. The van der Waals surface area contributed by atoms with Crippen LogP contribution in [0.4, 0.5) is 38.0 Å². The lowest BCUT2D eigenvalue weighted by Gasteiger charge is -2.32. The number of pyridine rings is 2. The predicted octanol–water partition coefficient (Wildman–Crippen LogP) is 4.30. The lowest BCUT2D eigenvalue weighted by Crippen LogP contribution is -2.44. The summed E-state index contributed by atoms with van der Waals surface area (Å²) in [6.45, 7) is 4.45. The van der Waals surface area contributed by atoms with Crippen molar-refractivity contribution < 1.29 is 31.1 Å². The molecule has 0 spiro atoms. The lowest BCUT2D eigenvalue weighted by atomic mass is 9.95. The maximum absolute atomic E-state index is 14.9. The number of anilines is 2. The standard InChI is InChI=1S/C27H30F6N8O/c1-14-9-17(34)37-22(19(14)27(31,32)33)21-18(23(29)30)20-16(11-36-21)24(40-7-4-35-5-8-40)39-25(38-20)42-13-26-3-2-6-41(26)12-15(28)10-26/h9,11,15,23,35H,2-8,10,12-13H2,1H3,(H2,34,37)/t15-,26+/m1/s1. The molecule has 3 aliphatic heterocycles. The number of nitrogens with two attached hydrogens (primary N) is 1. The summed E-state index contributed by atoms with van der Waals surface area (Å²) in [5, 5.41) is 3.35. The normalized spacial score (nSPS) is 23.2. The summed E-state index contributed by atoms with van der Waals surface area (Å²) < 4.78 is 92.5. The SMILES string of the molecule is Cc1cc(N)nc(-c2ncc3c(N4CCNCC4)nc(OC[C@@]45CCCN4C[C@H](F)C5)nc3c2C(F)F)c1C(F)(F)F. The lowest BCUT2D eigenvalue weighted by molar-refractivity contribution is -0.137. The Morgan fingerprint density at radius 1 is 1.14 bits per heavy atom. The number of halogens is 6. The minimum absolute atomic E-state index is 0.0517. The van der Waals surface area contributed by atoms with Crippen LogP contribution in [-0.4, -0.2) is 82.4 Å². The fourth-order valence-corrected chi connectivity index (χ4v) is 6.53. The Kier molecular flexibility index (Phi) is 7.28. The Morgan fingerprint density at radius 3 is 2.62 bits per heavy atom. The van der Waals surface area contributed by atoms with Gasteiger partial charge in [-0.05, 0) is 37.9 Å². The number of ether oxygens (including phenoxy) is 1. The zero-order valence-electron chi connectivity index (χ0n) is 22.8. The summed E-state index contributed by atoms with van der Waals surface area (Å²) >= 11 is 0. The Hall–Kier alpha value is -3.46. The van der Waals surface area contributed by atoms with Gasteiger partial charge in [0.05, 0.1) is 27.6 Å². The number of alkyl halides is 6. The molecule has 15 heteroatoms. The second kappa shape index (κ2) is 10.7. The first-order valence-corrected chi connectivity index (χ1v) is 13.8. The summed E-state index contributed by atoms with van der Waals surface area (Å²) in [5.41, 5.74) is 1.13. The monoisotopic (exact) mass is 596 g/mol. The molecule has 3 N–H and O–H groups in total. The van der Waals surface area contributed by atoms with Crippen molar-refractivity contribution in [2.24, 2.45) is 0 Å². The number of rotatable bonds is 6. The molecule has 6 rings (SSSR count). The third kappa shape index (κ3) is 5.06. The first-order chi connectivity index (χ1) is 20.0. The average Bonchev–Trinajstić information content (AvgIpc) is 3.45. The van der Waals surface area contributed by atoms with Crippen LogP contribution in [0.25, 0.3) is 22.3 Å². The van der Waals surface area contributed by atoms with Crippen molar-refractivity contribution in [3.63, 3.8) is 0 Å². The minimum atomic E-state index is -4.91. The van der Waals surface area contributed by atoms with Crippen LogP contribution in [-0.2, 0) is 6.18 Å². The van der Waals surface area contributed by atoms with Gasteiger partial charge in [0.15, 0.2) is 0 Å². The van der Waals surface area contributed by atoms with Crippen molar-refractivity contribution in [3.8, 4) is 17.4 Å². The molecule has 6 heterocycles. The average molecular weight is 597 g/mol. The highest BCUT2D eigenvalue weighted by atomic mass is 19.4. The van der Waals surface area contributed by atoms with E-state index in [4.69, 9.17) is 10.5 Å². The van der Waals surface area contributed by atoms with Gasteiger partial charge in [-0.2, -0.15) is 23.1 Å². The van der Waals surface area contributed by atoms with E-state index in [0.717, 1.165) is 19.0 Å². The number of nitrogens with zero attached hydrogens (tertiary/aromatic N) is 6. The summed E-state index contributed by atoms with van der Waals surface area (Å²) in [7, 11) is 0. The molecule has 3 aromatic rings. The molecule has 3 saturated heterocycles. The molecule has 0 aliphatic carbocycles. The molecule has 3 aliphatic rings. The van der Waals surface area contributed by atoms with Gasteiger partial charge in [0.1, 0.15) is 35.8 Å². The van der Waals surface area contributed by atoms with Gasteiger partial charge in [-0.15, -0.1) is 0 Å². The van der Waals surface area contributed by atoms with Crippen molar-refractivity contribution >= 4 is 22.5 Å². The van der Waals surface area contributed by atoms with Crippen LogP contribution in [0.1, 0.15) is 42.4 Å². The smallest absolute Gasteiger partial charge is 0.418 e. The van der Waals surface area contributed by atoms with Gasteiger partial charge in [0, 0.05) is 45.3 Å². The fraction of sp³-hybridized carbons (Fsp3) is 0.556. The van der Waals surface area contributed by atoms with E-state index in [1.165, 1.54) is 13.1 Å². The van der Waals surface area contributed by atoms with E-state index >= 15 is 0 Å². The van der Waals surface area contributed by atoms with Crippen molar-refractivity contribution in [2.45, 2.75) is 50.5 Å². The van der Waals surface area contributed by atoms with E-state index in [1.807, 2.05) is 9.80 Å². The molecule has 0 bridgehead atoms. The number of nitrogens with one attached hydrogen (secondary N) is 1. The Balaban J connectivity index is 1.52. The Bertz CT molecular complexity index is 1500. The summed E-state index contributed by atoms with van der Waals surface area (Å²) in [4.78, 5) is 20.7. The molecular weight excluding hydrogens is 566 g/mol. The van der Waals surface area contributed by atoms with Crippen molar-refractivity contribution in [1.29, 1.82) is 0 Å². The van der Waals surface area contributed by atoms with Gasteiger partial charge < -0.3 is 20.7 Å². The molecule has 3 fully saturated rings. The molecule has 0 aromatic carbocycles. The number of aryl methyl sites for hydroxylation is 1. The maximum atomic E-state index is 14.9. The molecule has 3 aromatic heterocycles. The van der Waals surface area contributed by atoms with Crippen LogP contribution in [0.5, 0.6) is 6.01 Å². The van der Waals surface area contributed by atoms with Gasteiger partial charge in [-0.3, -0.25) is 9.88 Å². The molecule has 0 unspecified atom stereocenters. The first kappa shape index (κ1) is 28.6. The third-order valence-corrected chi connectivity index (χ3v) is 8.35. The van der Waals surface area contributed by atoms with E-state index < -0.39 is 46.8 Å². The van der Waals surface area contributed by atoms with Crippen LogP contribution in [0.3, 0.4) is 0 Å². The van der Waals surface area contributed by atoms with Crippen molar-refractivity contribution in [1.82, 2.24) is 30.2 Å². The molecule has 42 heavy (non-hydrogen) atoms. The van der Waals surface area contributed by atoms with Crippen LogP contribution >= 0.6 is 0 Å². The first-order valence-electron chi connectivity index (χ1n) is 13.8. The zero-order valence-corrected chi connectivity index (χ0v) is 22.8. The second-order valence-electron chi connectivity index (χ2n) is 11.1. The number of aromatic nitrogens is 4. The molecule has 9 nitrogen and oxygen atoms in total. The highest BCUT2D eigenvalue weighted by molar-refractivity contribution is 5.94. The minimum Gasteiger partial charge on any atom is -0.461 e. The predicted molar refractivity (Wildman–Crippen MR) is 143 cm³/mol. The van der Waals surface area contributed by atoms with Gasteiger partial charge in [0.25, 0.3) is 6.43 Å². The van der Waals surface area contributed by atoms with Gasteiger partial charge in [0.2, 0.25) is 0 Å². The van der Waals surface area contributed by atoms with E-state index in [2.05, 4.69) is 25.3 Å². The maximum Gasteiger partial charge on any atom is 0.418 e. The molecule has 0 saturated carbocycles. The van der Waals surface area contributed by atoms with Gasteiger partial charge >= 0.3 is 12.2 Å². The number of fused-ring (bicyclic) bond motifs is 2. The van der Waals surface area contributed by atoms with E-state index in [-0.39, 0.29) is 47.1 Å². The highest BCUT2D eigenvalue weighted by Crippen LogP contribution is 2.44. The number of nitrogen functional groups attached to an aromatic ring is 1. The zero-order chi connectivity index (χ0) is 29.8. The number of hydrogen-bond donors (Lipinski definition) is 2. The Labute approximate surface area is 237 Å².